The van der Waals surface area contributed by atoms with Crippen LogP contribution in [-0.2, 0) is 6.18 Å². The molecule has 3 rings (SSSR count). The molecule has 0 saturated carbocycles. The summed E-state index contributed by atoms with van der Waals surface area (Å²) in [7, 11) is 0. The molecule has 2 aromatic heterocycles. The van der Waals surface area contributed by atoms with Crippen molar-refractivity contribution in [2.24, 2.45) is 0 Å². The maximum absolute atomic E-state index is 13.7. The molecular weight excluding hydrogens is 321 g/mol. The van der Waals surface area contributed by atoms with Gasteiger partial charge in [-0.2, -0.15) is 22.7 Å². The Bertz CT molecular complexity index is 866. The van der Waals surface area contributed by atoms with Crippen molar-refractivity contribution in [3.63, 3.8) is 0 Å². The third-order valence-electron chi connectivity index (χ3n) is 2.91. The second-order valence-electron chi connectivity index (χ2n) is 4.65. The number of hydrogen-bond donors (Lipinski definition) is 1. The first-order valence-corrected chi connectivity index (χ1v) is 6.28. The lowest BCUT2D eigenvalue weighted by atomic mass is 10.3. The van der Waals surface area contributed by atoms with E-state index in [2.05, 4.69) is 20.4 Å². The lowest BCUT2D eigenvalue weighted by Crippen LogP contribution is -2.08. The topological polar surface area (TPSA) is 55.1 Å². The van der Waals surface area contributed by atoms with Crippen molar-refractivity contribution in [2.75, 3.05) is 5.32 Å². The lowest BCUT2D eigenvalue weighted by Gasteiger charge is -2.10. The third-order valence-corrected chi connectivity index (χ3v) is 2.91. The van der Waals surface area contributed by atoms with E-state index in [4.69, 9.17) is 0 Å². The highest BCUT2D eigenvalue weighted by molar-refractivity contribution is 5.60. The van der Waals surface area contributed by atoms with Crippen molar-refractivity contribution < 1.29 is 22.0 Å². The summed E-state index contributed by atoms with van der Waals surface area (Å²) >= 11 is 0. The standard InChI is InChI=1S/C13H8F5N5/c1-6-5-9(20-10-7(14)3-2-4-8(10)15)23-12(19-6)21-11(22-23)13(16,17)18/h2-5,20H,1H3. The number of rotatable bonds is 2. The first kappa shape index (κ1) is 15.1. The molecule has 23 heavy (non-hydrogen) atoms. The lowest BCUT2D eigenvalue weighted by molar-refractivity contribution is -0.144. The van der Waals surface area contributed by atoms with Crippen LogP contribution in [0.4, 0.5) is 33.5 Å². The normalized spacial score (nSPS) is 11.9. The highest BCUT2D eigenvalue weighted by Gasteiger charge is 2.36. The minimum atomic E-state index is -4.76. The van der Waals surface area contributed by atoms with Gasteiger partial charge in [0.1, 0.15) is 23.1 Å². The molecule has 0 spiro atoms. The van der Waals surface area contributed by atoms with Gasteiger partial charge in [-0.05, 0) is 19.1 Å². The number of nitrogens with zero attached hydrogens (tertiary/aromatic N) is 4. The zero-order chi connectivity index (χ0) is 16.8. The zero-order valence-corrected chi connectivity index (χ0v) is 11.5. The van der Waals surface area contributed by atoms with Gasteiger partial charge in [0.15, 0.2) is 0 Å². The Hall–Kier alpha value is -2.78. The van der Waals surface area contributed by atoms with Crippen LogP contribution in [0, 0.1) is 18.6 Å². The number of para-hydroxylation sites is 1. The number of nitrogens with one attached hydrogen (secondary N) is 1. The summed E-state index contributed by atoms with van der Waals surface area (Å²) in [6.07, 6.45) is -4.76. The molecule has 0 amide bonds. The van der Waals surface area contributed by atoms with Gasteiger partial charge in [-0.3, -0.25) is 0 Å². The fraction of sp³-hybridized carbons (Fsp3) is 0.154. The van der Waals surface area contributed by atoms with E-state index in [1.165, 1.54) is 19.1 Å². The molecule has 0 fully saturated rings. The number of halogens is 5. The van der Waals surface area contributed by atoms with Crippen LogP contribution in [0.2, 0.25) is 0 Å². The fourth-order valence-corrected chi connectivity index (χ4v) is 1.94. The van der Waals surface area contributed by atoms with E-state index in [-0.39, 0.29) is 11.6 Å². The number of aryl methyl sites for hydroxylation is 1. The number of hydrogen-bond acceptors (Lipinski definition) is 4. The van der Waals surface area contributed by atoms with Gasteiger partial charge in [0, 0.05) is 11.8 Å². The molecule has 0 unspecified atom stereocenters. The van der Waals surface area contributed by atoms with E-state index >= 15 is 0 Å². The van der Waals surface area contributed by atoms with Crippen LogP contribution in [0.3, 0.4) is 0 Å². The predicted octanol–water partition coefficient (Wildman–Crippen LogP) is 3.47. The number of aromatic nitrogens is 4. The summed E-state index contributed by atoms with van der Waals surface area (Å²) in [5.41, 5.74) is -0.207. The summed E-state index contributed by atoms with van der Waals surface area (Å²) in [5.74, 6) is -3.63. The third kappa shape index (κ3) is 2.79. The van der Waals surface area contributed by atoms with Gasteiger partial charge in [-0.1, -0.05) is 6.07 Å². The molecule has 0 aliphatic carbocycles. The van der Waals surface area contributed by atoms with Crippen molar-refractivity contribution in [2.45, 2.75) is 13.1 Å². The molecule has 1 aromatic carbocycles. The van der Waals surface area contributed by atoms with Crippen molar-refractivity contribution >= 4 is 17.3 Å². The largest absolute Gasteiger partial charge is 0.453 e. The number of fused-ring (bicyclic) bond motifs is 1. The molecule has 0 atom stereocenters. The van der Waals surface area contributed by atoms with Gasteiger partial charge in [0.05, 0.1) is 0 Å². The summed E-state index contributed by atoms with van der Waals surface area (Å²) in [4.78, 5) is 7.10. The molecule has 120 valence electrons. The molecule has 10 heteroatoms. The minimum Gasteiger partial charge on any atom is -0.335 e. The molecule has 0 aliphatic heterocycles. The maximum atomic E-state index is 13.7. The Kier molecular flexibility index (Phi) is 3.38. The SMILES string of the molecule is Cc1cc(Nc2c(F)cccc2F)n2nc(C(F)(F)F)nc2n1. The quantitative estimate of drug-likeness (QED) is 0.732. The number of alkyl halides is 3. The molecule has 1 N–H and O–H groups in total. The molecule has 0 radical (unpaired) electrons. The van der Waals surface area contributed by atoms with Crippen molar-refractivity contribution in [3.05, 3.63) is 47.4 Å². The van der Waals surface area contributed by atoms with Crippen LogP contribution < -0.4 is 5.32 Å². The van der Waals surface area contributed by atoms with Crippen LogP contribution in [0.15, 0.2) is 24.3 Å². The molecule has 0 bridgehead atoms. The summed E-state index contributed by atoms with van der Waals surface area (Å²) in [6.45, 7) is 1.50. The summed E-state index contributed by atoms with van der Waals surface area (Å²) < 4.78 is 66.2. The van der Waals surface area contributed by atoms with Crippen molar-refractivity contribution in [3.8, 4) is 0 Å². The maximum Gasteiger partial charge on any atom is 0.453 e. The van der Waals surface area contributed by atoms with E-state index < -0.39 is 29.3 Å². The van der Waals surface area contributed by atoms with Gasteiger partial charge < -0.3 is 5.32 Å². The number of anilines is 2. The van der Waals surface area contributed by atoms with Crippen molar-refractivity contribution in [1.29, 1.82) is 0 Å². The average Bonchev–Trinajstić information content (AvgIpc) is 2.86. The highest BCUT2D eigenvalue weighted by atomic mass is 19.4. The van der Waals surface area contributed by atoms with Crippen molar-refractivity contribution in [1.82, 2.24) is 19.6 Å². The first-order chi connectivity index (χ1) is 10.8. The first-order valence-electron chi connectivity index (χ1n) is 6.28. The Labute approximate surface area is 125 Å². The Morgan fingerprint density at radius 3 is 2.35 bits per heavy atom. The second kappa shape index (κ2) is 5.14. The minimum absolute atomic E-state index is 0.0977. The smallest absolute Gasteiger partial charge is 0.335 e. The molecule has 0 saturated heterocycles. The summed E-state index contributed by atoms with van der Waals surface area (Å²) in [5, 5.41) is 5.68. The molecule has 2 heterocycles. The van der Waals surface area contributed by atoms with E-state index in [0.717, 1.165) is 16.6 Å². The average molecular weight is 329 g/mol. The molecule has 3 aromatic rings. The van der Waals surface area contributed by atoms with E-state index in [9.17, 15) is 22.0 Å². The Balaban J connectivity index is 2.15. The zero-order valence-electron chi connectivity index (χ0n) is 11.5. The van der Waals surface area contributed by atoms with Gasteiger partial charge in [0.25, 0.3) is 11.6 Å². The van der Waals surface area contributed by atoms with Gasteiger partial charge in [0.2, 0.25) is 0 Å². The van der Waals surface area contributed by atoms with Crippen LogP contribution in [0.1, 0.15) is 11.5 Å². The Morgan fingerprint density at radius 2 is 1.74 bits per heavy atom. The molecule has 5 nitrogen and oxygen atoms in total. The van der Waals surface area contributed by atoms with Crippen LogP contribution in [0.25, 0.3) is 5.78 Å². The van der Waals surface area contributed by atoms with Gasteiger partial charge in [-0.25, -0.2) is 13.8 Å². The van der Waals surface area contributed by atoms with Crippen LogP contribution >= 0.6 is 0 Å². The highest BCUT2D eigenvalue weighted by Crippen LogP contribution is 2.28. The van der Waals surface area contributed by atoms with Gasteiger partial charge >= 0.3 is 6.18 Å². The van der Waals surface area contributed by atoms with Crippen LogP contribution in [-0.4, -0.2) is 19.6 Å². The molecule has 0 aliphatic rings. The van der Waals surface area contributed by atoms with E-state index in [1.807, 2.05) is 0 Å². The van der Waals surface area contributed by atoms with E-state index in [1.54, 1.807) is 0 Å². The Morgan fingerprint density at radius 1 is 1.09 bits per heavy atom. The monoisotopic (exact) mass is 329 g/mol. The fourth-order valence-electron chi connectivity index (χ4n) is 1.94. The second-order valence-corrected chi connectivity index (χ2v) is 4.65. The van der Waals surface area contributed by atoms with E-state index in [0.29, 0.717) is 5.69 Å². The molecular formula is C13H8F5N5. The summed E-state index contributed by atoms with van der Waals surface area (Å²) in [6, 6.07) is 4.49. The van der Waals surface area contributed by atoms with Gasteiger partial charge in [-0.15, -0.1) is 5.10 Å². The number of benzene rings is 1. The van der Waals surface area contributed by atoms with Crippen LogP contribution in [0.5, 0.6) is 0 Å². The predicted molar refractivity (Wildman–Crippen MR) is 70.2 cm³/mol.